The second kappa shape index (κ2) is 12.5. The number of aromatic nitrogens is 1. The van der Waals surface area contributed by atoms with E-state index in [1.807, 2.05) is 41.3 Å². The number of carbonyl (C=O) groups is 2. The summed E-state index contributed by atoms with van der Waals surface area (Å²) in [4.78, 5) is 39.8. The monoisotopic (exact) mass is 566 g/mol. The van der Waals surface area contributed by atoms with E-state index in [4.69, 9.17) is 28.0 Å². The molecule has 2 aliphatic rings. The summed E-state index contributed by atoms with van der Waals surface area (Å²) in [7, 11) is 0. The van der Waals surface area contributed by atoms with Crippen molar-refractivity contribution in [3.05, 3.63) is 99.3 Å². The highest BCUT2D eigenvalue weighted by atomic mass is 35.5. The molecule has 7 nitrogen and oxygen atoms in total. The number of likely N-dealkylation sites (N-methyl/N-ethyl adjacent to an activating group) is 1. The zero-order valence-corrected chi connectivity index (χ0v) is 23.3. The molecular formula is C30H32Cl2N4O3. The number of nitrogens with zero attached hydrogens (tertiary/aromatic N) is 2. The van der Waals surface area contributed by atoms with Gasteiger partial charge >= 0.3 is 0 Å². The summed E-state index contributed by atoms with van der Waals surface area (Å²) in [6, 6.07) is 15.6. The van der Waals surface area contributed by atoms with Crippen LogP contribution in [0.5, 0.6) is 0 Å². The summed E-state index contributed by atoms with van der Waals surface area (Å²) >= 11 is 13.0. The van der Waals surface area contributed by atoms with Gasteiger partial charge in [0.1, 0.15) is 0 Å². The first-order valence-corrected chi connectivity index (χ1v) is 14.2. The lowest BCUT2D eigenvalue weighted by atomic mass is 9.76. The molecule has 2 heterocycles. The molecule has 1 fully saturated rings. The number of rotatable bonds is 8. The van der Waals surface area contributed by atoms with Crippen molar-refractivity contribution >= 4 is 35.0 Å². The highest BCUT2D eigenvalue weighted by molar-refractivity contribution is 6.35. The molecule has 1 aliphatic heterocycles. The molecule has 1 aliphatic carbocycles. The number of benzene rings is 2. The average Bonchev–Trinajstić information content (AvgIpc) is 2.94. The molecule has 1 saturated carbocycles. The molecule has 2 amide bonds. The summed E-state index contributed by atoms with van der Waals surface area (Å²) in [6.07, 6.45) is 7.23. The lowest BCUT2D eigenvalue weighted by Crippen LogP contribution is -2.58. The topological polar surface area (TPSA) is 83.6 Å². The van der Waals surface area contributed by atoms with Crippen molar-refractivity contribution < 1.29 is 14.4 Å². The van der Waals surface area contributed by atoms with E-state index < -0.39 is 12.0 Å². The first-order valence-electron chi connectivity index (χ1n) is 13.4. The largest absolute Gasteiger partial charge is 0.326 e. The highest BCUT2D eigenvalue weighted by Gasteiger charge is 2.49. The van der Waals surface area contributed by atoms with Crippen LogP contribution in [-0.2, 0) is 16.2 Å². The Hall–Kier alpha value is -2.97. The second-order valence-electron chi connectivity index (χ2n) is 10.0. The Morgan fingerprint density at radius 1 is 1.05 bits per heavy atom. The minimum Gasteiger partial charge on any atom is -0.326 e. The average molecular weight is 568 g/mol. The third-order valence-electron chi connectivity index (χ3n) is 7.65. The van der Waals surface area contributed by atoms with Gasteiger partial charge < -0.3 is 10.2 Å². The van der Waals surface area contributed by atoms with Gasteiger partial charge in [-0.1, -0.05) is 67.2 Å². The molecule has 3 aromatic rings. The van der Waals surface area contributed by atoms with Gasteiger partial charge in [-0.2, -0.15) is 0 Å². The lowest BCUT2D eigenvalue weighted by Gasteiger charge is -2.49. The smallest absolute Gasteiger partial charge is 0.255 e. The van der Waals surface area contributed by atoms with Crippen LogP contribution in [0.1, 0.15) is 71.6 Å². The molecule has 0 radical (unpaired) electrons. The zero-order valence-electron chi connectivity index (χ0n) is 21.8. The van der Waals surface area contributed by atoms with Crippen LogP contribution >= 0.6 is 23.2 Å². The minimum atomic E-state index is -0.751. The van der Waals surface area contributed by atoms with Crippen molar-refractivity contribution in [2.75, 3.05) is 6.54 Å². The molecule has 1 unspecified atom stereocenters. The quantitative estimate of drug-likeness (QED) is 0.335. The van der Waals surface area contributed by atoms with E-state index in [1.165, 1.54) is 0 Å². The van der Waals surface area contributed by atoms with Gasteiger partial charge in [-0.25, -0.2) is 5.48 Å². The normalized spacial score (nSPS) is 22.8. The van der Waals surface area contributed by atoms with Crippen molar-refractivity contribution in [3.8, 4) is 0 Å². The van der Waals surface area contributed by atoms with Gasteiger partial charge in [-0.05, 0) is 66.4 Å². The number of pyridine rings is 1. The van der Waals surface area contributed by atoms with Crippen LogP contribution in [0.4, 0.5) is 0 Å². The van der Waals surface area contributed by atoms with E-state index in [0.717, 1.165) is 37.8 Å². The number of carbonyl (C=O) groups excluding carboxylic acids is 2. The summed E-state index contributed by atoms with van der Waals surface area (Å²) in [5.41, 5.74) is 5.39. The van der Waals surface area contributed by atoms with E-state index in [-0.39, 0.29) is 30.5 Å². The van der Waals surface area contributed by atoms with Crippen LogP contribution in [0.3, 0.4) is 0 Å². The number of hydrogen-bond donors (Lipinski definition) is 2. The van der Waals surface area contributed by atoms with Gasteiger partial charge in [0.15, 0.2) is 0 Å². The third kappa shape index (κ3) is 5.82. The summed E-state index contributed by atoms with van der Waals surface area (Å²) in [6.45, 7) is 3.05. The number of amides is 2. The second-order valence-corrected chi connectivity index (χ2v) is 10.9. The first kappa shape index (κ1) is 27.6. The van der Waals surface area contributed by atoms with E-state index >= 15 is 0 Å². The van der Waals surface area contributed by atoms with Gasteiger partial charge in [0.25, 0.3) is 11.8 Å². The summed E-state index contributed by atoms with van der Waals surface area (Å²) in [5, 5.41) is 4.49. The predicted octanol–water partition coefficient (Wildman–Crippen LogP) is 5.84. The van der Waals surface area contributed by atoms with Gasteiger partial charge in [0.05, 0.1) is 18.6 Å². The molecule has 204 valence electrons. The van der Waals surface area contributed by atoms with Crippen LogP contribution in [0, 0.1) is 0 Å². The van der Waals surface area contributed by atoms with Crippen LogP contribution in [0.15, 0.2) is 67.0 Å². The maximum atomic E-state index is 14.3. The van der Waals surface area contributed by atoms with Crippen molar-refractivity contribution in [1.82, 2.24) is 20.7 Å². The van der Waals surface area contributed by atoms with Crippen LogP contribution in [0.25, 0.3) is 0 Å². The molecule has 5 rings (SSSR count). The number of hydroxylamine groups is 1. The van der Waals surface area contributed by atoms with Gasteiger partial charge in [0, 0.05) is 40.1 Å². The fourth-order valence-electron chi connectivity index (χ4n) is 5.95. The van der Waals surface area contributed by atoms with Crippen molar-refractivity contribution in [2.45, 2.75) is 63.3 Å². The lowest BCUT2D eigenvalue weighted by molar-refractivity contribution is -0.138. The number of halogens is 2. The Bertz CT molecular complexity index is 1320. The number of nitrogens with one attached hydrogen (secondary N) is 2. The fraction of sp³-hybridized carbons (Fsp3) is 0.367. The molecule has 2 N–H and O–H groups in total. The molecular weight excluding hydrogens is 535 g/mol. The zero-order chi connectivity index (χ0) is 27.4. The van der Waals surface area contributed by atoms with Crippen LogP contribution in [-0.4, -0.2) is 40.3 Å². The van der Waals surface area contributed by atoms with Gasteiger partial charge in [-0.3, -0.25) is 19.4 Å². The van der Waals surface area contributed by atoms with Crippen molar-refractivity contribution in [1.29, 1.82) is 0 Å². The van der Waals surface area contributed by atoms with Gasteiger partial charge in [-0.15, -0.1) is 0 Å². The van der Waals surface area contributed by atoms with Crippen molar-refractivity contribution in [2.24, 2.45) is 0 Å². The Morgan fingerprint density at radius 2 is 1.82 bits per heavy atom. The third-order valence-corrected chi connectivity index (χ3v) is 8.22. The van der Waals surface area contributed by atoms with E-state index in [9.17, 15) is 9.59 Å². The molecule has 2 aromatic carbocycles. The van der Waals surface area contributed by atoms with E-state index in [0.29, 0.717) is 26.7 Å². The molecule has 0 bridgehead atoms. The Morgan fingerprint density at radius 3 is 2.59 bits per heavy atom. The van der Waals surface area contributed by atoms with Crippen LogP contribution < -0.4 is 10.8 Å². The molecule has 1 aromatic heterocycles. The summed E-state index contributed by atoms with van der Waals surface area (Å²) in [5.74, 6) is -1.20. The van der Waals surface area contributed by atoms with E-state index in [2.05, 4.69) is 22.7 Å². The molecule has 0 saturated heterocycles. The molecule has 0 spiro atoms. The number of fused-ring (bicyclic) bond motifs is 1. The summed E-state index contributed by atoms with van der Waals surface area (Å²) < 4.78 is 0. The Kier molecular flexibility index (Phi) is 8.82. The first-order chi connectivity index (χ1) is 19.0. The maximum Gasteiger partial charge on any atom is 0.255 e. The predicted molar refractivity (Wildman–Crippen MR) is 151 cm³/mol. The van der Waals surface area contributed by atoms with Crippen molar-refractivity contribution in [3.63, 3.8) is 0 Å². The molecule has 4 atom stereocenters. The Balaban J connectivity index is 1.58. The van der Waals surface area contributed by atoms with Gasteiger partial charge in [0.2, 0.25) is 0 Å². The fourth-order valence-corrected chi connectivity index (χ4v) is 6.47. The van der Waals surface area contributed by atoms with E-state index in [1.54, 1.807) is 30.6 Å². The highest BCUT2D eigenvalue weighted by Crippen LogP contribution is 2.47. The molecule has 39 heavy (non-hydrogen) atoms. The standard InChI is InChI=1S/C30H32Cl2N4O3/c1-2-34-25-9-5-6-10-26(25)36-28(23-12-11-20(31)17-24(23)32)27(21-7-3-4-8-22(21)30(36)38)29(37)35-39-18-19-13-15-33-16-14-19/h3-4,7-8,11-17,25-28,34H,2,5-6,9-10,18H2,1H3,(H,35,37)/t25-,26-,27?,28-/m0/s1. The minimum absolute atomic E-state index is 0.0989. The Labute approximate surface area is 238 Å². The van der Waals surface area contributed by atoms with Crippen LogP contribution in [0.2, 0.25) is 10.0 Å². The number of hydrogen-bond acceptors (Lipinski definition) is 5. The molecule has 9 heteroatoms. The maximum absolute atomic E-state index is 14.3. The SMILES string of the molecule is CCN[C@H]1CCCC[C@@H]1N1C(=O)c2ccccc2C(C(=O)NOCc2ccncc2)[C@@H]1c1ccc(Cl)cc1Cl.